The lowest BCUT2D eigenvalue weighted by atomic mass is 10.2. The summed E-state index contributed by atoms with van der Waals surface area (Å²) in [5.41, 5.74) is 7.79. The number of alkyl halides is 3. The van der Waals surface area contributed by atoms with Gasteiger partial charge in [0.25, 0.3) is 0 Å². The number of rotatable bonds is 4. The van der Waals surface area contributed by atoms with Gasteiger partial charge in [-0.1, -0.05) is 0 Å². The number of nitrogens with two attached hydrogens (primary N) is 1. The predicted octanol–water partition coefficient (Wildman–Crippen LogP) is 1.50. The highest BCUT2D eigenvalue weighted by atomic mass is 19.4. The van der Waals surface area contributed by atoms with Crippen molar-refractivity contribution in [1.29, 1.82) is 0 Å². The number of hydrogen-bond donors (Lipinski definition) is 1. The Balaban J connectivity index is 2.61. The molecule has 0 atom stereocenters. The normalized spacial score (nSPS) is 12.1. The van der Waals surface area contributed by atoms with Crippen molar-refractivity contribution in [3.63, 3.8) is 0 Å². The standard InChI is InChI=1S/C9H14F3N3O/c1-6-8(3-13)7(2)15(14-6)5-16-4-9(10,11)12/h3-5,13H2,1-2H3. The van der Waals surface area contributed by atoms with Crippen LogP contribution in [0.2, 0.25) is 0 Å². The molecule has 0 spiro atoms. The Morgan fingerprint density at radius 1 is 1.38 bits per heavy atom. The first-order chi connectivity index (χ1) is 7.35. The number of aromatic nitrogens is 2. The third-order valence-electron chi connectivity index (χ3n) is 2.21. The van der Waals surface area contributed by atoms with Crippen molar-refractivity contribution < 1.29 is 17.9 Å². The smallest absolute Gasteiger partial charge is 0.350 e. The second-order valence-electron chi connectivity index (χ2n) is 3.45. The van der Waals surface area contributed by atoms with Gasteiger partial charge < -0.3 is 10.5 Å². The van der Waals surface area contributed by atoms with E-state index in [0.717, 1.165) is 17.0 Å². The molecule has 1 rings (SSSR count). The van der Waals surface area contributed by atoms with Crippen molar-refractivity contribution in [3.05, 3.63) is 17.0 Å². The molecule has 0 aliphatic heterocycles. The molecule has 0 saturated carbocycles. The number of nitrogens with zero attached hydrogens (tertiary/aromatic N) is 2. The van der Waals surface area contributed by atoms with Gasteiger partial charge in [0.1, 0.15) is 13.3 Å². The fourth-order valence-electron chi connectivity index (χ4n) is 1.40. The third-order valence-corrected chi connectivity index (χ3v) is 2.21. The molecular formula is C9H14F3N3O. The average molecular weight is 237 g/mol. The Morgan fingerprint density at radius 3 is 2.44 bits per heavy atom. The maximum absolute atomic E-state index is 11.8. The van der Waals surface area contributed by atoms with Gasteiger partial charge in [-0.2, -0.15) is 18.3 Å². The van der Waals surface area contributed by atoms with E-state index in [9.17, 15) is 13.2 Å². The fourth-order valence-corrected chi connectivity index (χ4v) is 1.40. The van der Waals surface area contributed by atoms with Crippen LogP contribution in [0, 0.1) is 13.8 Å². The molecule has 0 amide bonds. The summed E-state index contributed by atoms with van der Waals surface area (Å²) < 4.78 is 41.4. The molecule has 0 bridgehead atoms. The maximum Gasteiger partial charge on any atom is 0.411 e. The Morgan fingerprint density at radius 2 is 2.00 bits per heavy atom. The zero-order valence-corrected chi connectivity index (χ0v) is 9.14. The Bertz CT molecular complexity index is 360. The zero-order valence-electron chi connectivity index (χ0n) is 9.14. The molecule has 0 fully saturated rings. The minimum atomic E-state index is -4.31. The van der Waals surface area contributed by atoms with Crippen LogP contribution < -0.4 is 5.73 Å². The predicted molar refractivity (Wildman–Crippen MR) is 51.6 cm³/mol. The average Bonchev–Trinajstić information content (AvgIpc) is 2.40. The van der Waals surface area contributed by atoms with Crippen molar-refractivity contribution in [2.75, 3.05) is 6.61 Å². The summed E-state index contributed by atoms with van der Waals surface area (Å²) in [4.78, 5) is 0. The van der Waals surface area contributed by atoms with E-state index in [0.29, 0.717) is 6.54 Å². The molecular weight excluding hydrogens is 223 g/mol. The summed E-state index contributed by atoms with van der Waals surface area (Å²) in [6, 6.07) is 0. The van der Waals surface area contributed by atoms with Crippen molar-refractivity contribution in [1.82, 2.24) is 9.78 Å². The lowest BCUT2D eigenvalue weighted by Gasteiger charge is -2.08. The molecule has 0 saturated heterocycles. The topological polar surface area (TPSA) is 53.1 Å². The largest absolute Gasteiger partial charge is 0.411 e. The van der Waals surface area contributed by atoms with Gasteiger partial charge in [-0.05, 0) is 13.8 Å². The molecule has 4 nitrogen and oxygen atoms in total. The van der Waals surface area contributed by atoms with Crippen LogP contribution in [0.15, 0.2) is 0 Å². The SMILES string of the molecule is Cc1nn(COCC(F)(F)F)c(C)c1CN. The minimum absolute atomic E-state index is 0.216. The highest BCUT2D eigenvalue weighted by molar-refractivity contribution is 5.23. The minimum Gasteiger partial charge on any atom is -0.350 e. The van der Waals surface area contributed by atoms with Crippen LogP contribution in [0.1, 0.15) is 17.0 Å². The van der Waals surface area contributed by atoms with Crippen molar-refractivity contribution in [3.8, 4) is 0 Å². The number of aryl methyl sites for hydroxylation is 1. The van der Waals surface area contributed by atoms with Gasteiger partial charge in [-0.3, -0.25) is 0 Å². The summed E-state index contributed by atoms with van der Waals surface area (Å²) in [5, 5.41) is 4.04. The van der Waals surface area contributed by atoms with Gasteiger partial charge in [0.2, 0.25) is 0 Å². The van der Waals surface area contributed by atoms with Crippen LogP contribution in [0.4, 0.5) is 13.2 Å². The lowest BCUT2D eigenvalue weighted by molar-refractivity contribution is -0.182. The summed E-state index contributed by atoms with van der Waals surface area (Å²) in [6.45, 7) is 2.33. The molecule has 7 heteroatoms. The van der Waals surface area contributed by atoms with E-state index in [2.05, 4.69) is 9.84 Å². The molecule has 0 aliphatic carbocycles. The van der Waals surface area contributed by atoms with E-state index in [4.69, 9.17) is 5.73 Å². The van der Waals surface area contributed by atoms with Gasteiger partial charge in [-0.15, -0.1) is 0 Å². The highest BCUT2D eigenvalue weighted by Gasteiger charge is 2.27. The first kappa shape index (κ1) is 13.0. The second-order valence-corrected chi connectivity index (χ2v) is 3.45. The van der Waals surface area contributed by atoms with Crippen molar-refractivity contribution in [2.45, 2.75) is 33.3 Å². The third kappa shape index (κ3) is 3.21. The van der Waals surface area contributed by atoms with Gasteiger partial charge >= 0.3 is 6.18 Å². The molecule has 1 aromatic heterocycles. The number of halogens is 3. The molecule has 1 heterocycles. The second kappa shape index (κ2) is 4.84. The van der Waals surface area contributed by atoms with E-state index < -0.39 is 12.8 Å². The van der Waals surface area contributed by atoms with Crippen molar-refractivity contribution >= 4 is 0 Å². The first-order valence-electron chi connectivity index (χ1n) is 4.72. The summed E-state index contributed by atoms with van der Waals surface area (Å²) in [7, 11) is 0. The molecule has 2 N–H and O–H groups in total. The molecule has 16 heavy (non-hydrogen) atoms. The van der Waals surface area contributed by atoms with Crippen LogP contribution in [0.3, 0.4) is 0 Å². The first-order valence-corrected chi connectivity index (χ1v) is 4.72. The van der Waals surface area contributed by atoms with Gasteiger partial charge in [0.05, 0.1) is 5.69 Å². The Labute approximate surface area is 91.2 Å². The maximum atomic E-state index is 11.8. The van der Waals surface area contributed by atoms with E-state index in [-0.39, 0.29) is 6.73 Å². The van der Waals surface area contributed by atoms with Crippen LogP contribution in [0.25, 0.3) is 0 Å². The van der Waals surface area contributed by atoms with Gasteiger partial charge in [0, 0.05) is 17.8 Å². The number of ether oxygens (including phenoxy) is 1. The zero-order chi connectivity index (χ0) is 12.3. The molecule has 0 unspecified atom stereocenters. The van der Waals surface area contributed by atoms with E-state index in [1.807, 2.05) is 0 Å². The van der Waals surface area contributed by atoms with Crippen LogP contribution in [0.5, 0.6) is 0 Å². The Hall–Kier alpha value is -1.08. The summed E-state index contributed by atoms with van der Waals surface area (Å²) in [6.07, 6.45) is -4.31. The molecule has 92 valence electrons. The monoisotopic (exact) mass is 237 g/mol. The molecule has 0 radical (unpaired) electrons. The van der Waals surface area contributed by atoms with Crippen LogP contribution >= 0.6 is 0 Å². The molecule has 0 aliphatic rings. The van der Waals surface area contributed by atoms with Crippen LogP contribution in [-0.2, 0) is 18.0 Å². The van der Waals surface area contributed by atoms with Crippen LogP contribution in [-0.4, -0.2) is 22.6 Å². The number of hydrogen-bond acceptors (Lipinski definition) is 3. The fraction of sp³-hybridized carbons (Fsp3) is 0.667. The quantitative estimate of drug-likeness (QED) is 0.863. The highest BCUT2D eigenvalue weighted by Crippen LogP contribution is 2.16. The van der Waals surface area contributed by atoms with Crippen molar-refractivity contribution in [2.24, 2.45) is 5.73 Å². The van der Waals surface area contributed by atoms with Gasteiger partial charge in [-0.25, -0.2) is 4.68 Å². The summed E-state index contributed by atoms with van der Waals surface area (Å²) in [5.74, 6) is 0. The Kier molecular flexibility index (Phi) is 3.93. The van der Waals surface area contributed by atoms with E-state index in [1.165, 1.54) is 4.68 Å². The van der Waals surface area contributed by atoms with E-state index >= 15 is 0 Å². The van der Waals surface area contributed by atoms with Gasteiger partial charge in [0.15, 0.2) is 0 Å². The summed E-state index contributed by atoms with van der Waals surface area (Å²) >= 11 is 0. The molecule has 0 aromatic carbocycles. The lowest BCUT2D eigenvalue weighted by Crippen LogP contribution is -2.19. The molecule has 1 aromatic rings. The van der Waals surface area contributed by atoms with E-state index in [1.54, 1.807) is 13.8 Å².